The average Bonchev–Trinajstić information content (AvgIpc) is 3.49. The van der Waals surface area contributed by atoms with Crippen molar-refractivity contribution in [2.24, 2.45) is 0 Å². The molecule has 0 atom stereocenters. The summed E-state index contributed by atoms with van der Waals surface area (Å²) in [6.07, 6.45) is 1.81. The molecule has 5 rings (SSSR count). The number of anilines is 1. The van der Waals surface area contributed by atoms with Crippen LogP contribution in [0.2, 0.25) is 0 Å². The Morgan fingerprint density at radius 1 is 0.844 bits per heavy atom. The Hall–Kier alpha value is -3.00. The molecule has 1 aliphatic heterocycles. The molecule has 3 aromatic carbocycles. The lowest BCUT2D eigenvalue weighted by molar-refractivity contribution is 0.102. The summed E-state index contributed by atoms with van der Waals surface area (Å²) < 4.78 is 28.1. The third kappa shape index (κ3) is 4.07. The number of fused-ring (bicyclic) bond motifs is 1. The van der Waals surface area contributed by atoms with Gasteiger partial charge in [0.25, 0.3) is 5.91 Å². The van der Waals surface area contributed by atoms with E-state index in [0.717, 1.165) is 34.1 Å². The summed E-state index contributed by atoms with van der Waals surface area (Å²) in [5.41, 5.74) is 2.72. The van der Waals surface area contributed by atoms with Gasteiger partial charge in [-0.25, -0.2) is 8.42 Å². The van der Waals surface area contributed by atoms with Crippen molar-refractivity contribution in [3.8, 4) is 11.1 Å². The Balaban J connectivity index is 1.34. The Bertz CT molecular complexity index is 1370. The van der Waals surface area contributed by atoms with Crippen LogP contribution in [-0.2, 0) is 10.0 Å². The number of hydrogen-bond acceptors (Lipinski definition) is 4. The van der Waals surface area contributed by atoms with E-state index in [9.17, 15) is 13.2 Å². The normalized spacial score (nSPS) is 14.6. The van der Waals surface area contributed by atoms with E-state index in [4.69, 9.17) is 0 Å². The molecule has 2 heterocycles. The Morgan fingerprint density at radius 3 is 2.25 bits per heavy atom. The predicted octanol–water partition coefficient (Wildman–Crippen LogP) is 5.61. The van der Waals surface area contributed by atoms with Crippen LogP contribution in [-0.4, -0.2) is 31.7 Å². The van der Waals surface area contributed by atoms with Crippen molar-refractivity contribution in [1.29, 1.82) is 0 Å². The first-order valence-corrected chi connectivity index (χ1v) is 12.8. The summed E-state index contributed by atoms with van der Waals surface area (Å²) in [5.74, 6) is -0.193. The number of carbonyl (C=O) groups excluding carboxylic acids is 1. The van der Waals surface area contributed by atoms with Gasteiger partial charge in [0.2, 0.25) is 10.0 Å². The number of hydrogen-bond donors (Lipinski definition) is 1. The van der Waals surface area contributed by atoms with E-state index in [0.29, 0.717) is 28.5 Å². The molecule has 0 radical (unpaired) electrons. The standard InChI is InChI=1S/C25H22N2O3S2/c28-25(20-10-8-19(9-11-20)18-6-2-1-3-7-18)26-24-16-21-12-13-22(17-23(21)31-24)32(29,30)27-14-4-5-15-27/h1-3,6-13,16-17H,4-5,14-15H2,(H,26,28). The molecule has 0 unspecified atom stereocenters. The van der Waals surface area contributed by atoms with Gasteiger partial charge in [-0.1, -0.05) is 48.5 Å². The quantitative estimate of drug-likeness (QED) is 0.419. The minimum Gasteiger partial charge on any atom is -0.314 e. The zero-order chi connectivity index (χ0) is 22.1. The van der Waals surface area contributed by atoms with Gasteiger partial charge in [0.15, 0.2) is 0 Å². The highest BCUT2D eigenvalue weighted by atomic mass is 32.2. The highest BCUT2D eigenvalue weighted by Crippen LogP contribution is 2.33. The van der Waals surface area contributed by atoms with Gasteiger partial charge in [-0.15, -0.1) is 11.3 Å². The maximum absolute atomic E-state index is 12.8. The lowest BCUT2D eigenvalue weighted by Gasteiger charge is -2.15. The molecular formula is C25H22N2O3S2. The van der Waals surface area contributed by atoms with Crippen molar-refractivity contribution in [3.05, 3.63) is 84.4 Å². The van der Waals surface area contributed by atoms with E-state index in [-0.39, 0.29) is 5.91 Å². The van der Waals surface area contributed by atoms with Gasteiger partial charge in [0.05, 0.1) is 9.90 Å². The van der Waals surface area contributed by atoms with Gasteiger partial charge in [0, 0.05) is 23.4 Å². The molecule has 4 aromatic rings. The van der Waals surface area contributed by atoms with Gasteiger partial charge in [-0.3, -0.25) is 4.79 Å². The smallest absolute Gasteiger partial charge is 0.256 e. The number of benzene rings is 3. The van der Waals surface area contributed by atoms with E-state index < -0.39 is 10.0 Å². The number of carbonyl (C=O) groups is 1. The molecule has 0 spiro atoms. The fourth-order valence-electron chi connectivity index (χ4n) is 3.94. The molecule has 1 aliphatic rings. The lowest BCUT2D eigenvalue weighted by atomic mass is 10.0. The minimum atomic E-state index is -3.46. The molecule has 0 saturated carbocycles. The molecule has 7 heteroatoms. The zero-order valence-electron chi connectivity index (χ0n) is 17.3. The van der Waals surface area contributed by atoms with Crippen molar-refractivity contribution >= 4 is 42.4 Å². The molecule has 5 nitrogen and oxygen atoms in total. The van der Waals surface area contributed by atoms with E-state index >= 15 is 0 Å². The number of sulfonamides is 1. The van der Waals surface area contributed by atoms with E-state index in [1.165, 1.54) is 11.3 Å². The lowest BCUT2D eigenvalue weighted by Crippen LogP contribution is -2.27. The fourth-order valence-corrected chi connectivity index (χ4v) is 6.56. The van der Waals surface area contributed by atoms with Crippen LogP contribution < -0.4 is 5.32 Å². The molecule has 1 aromatic heterocycles. The molecule has 1 N–H and O–H groups in total. The van der Waals surface area contributed by atoms with Crippen molar-refractivity contribution < 1.29 is 13.2 Å². The second-order valence-electron chi connectivity index (χ2n) is 7.82. The summed E-state index contributed by atoms with van der Waals surface area (Å²) in [7, 11) is -3.46. The second-order valence-corrected chi connectivity index (χ2v) is 10.8. The maximum Gasteiger partial charge on any atom is 0.256 e. The summed E-state index contributed by atoms with van der Waals surface area (Å²) in [5, 5.41) is 4.54. The first-order chi connectivity index (χ1) is 15.5. The van der Waals surface area contributed by atoms with Crippen LogP contribution in [0.15, 0.2) is 83.8 Å². The fraction of sp³-hybridized carbons (Fsp3) is 0.160. The number of amides is 1. The monoisotopic (exact) mass is 462 g/mol. The van der Waals surface area contributed by atoms with Crippen LogP contribution in [0.25, 0.3) is 21.2 Å². The van der Waals surface area contributed by atoms with Crippen molar-refractivity contribution in [2.75, 3.05) is 18.4 Å². The third-order valence-electron chi connectivity index (χ3n) is 5.69. The van der Waals surface area contributed by atoms with Gasteiger partial charge >= 0.3 is 0 Å². The van der Waals surface area contributed by atoms with Crippen LogP contribution in [0.4, 0.5) is 5.00 Å². The first kappa shape index (κ1) is 20.9. The molecule has 162 valence electrons. The number of thiophene rings is 1. The Morgan fingerprint density at radius 2 is 1.53 bits per heavy atom. The van der Waals surface area contributed by atoms with Crippen LogP contribution in [0.3, 0.4) is 0 Å². The Labute approximate surface area is 191 Å². The number of nitrogens with zero attached hydrogens (tertiary/aromatic N) is 1. The van der Waals surface area contributed by atoms with Crippen molar-refractivity contribution in [1.82, 2.24) is 4.31 Å². The SMILES string of the molecule is O=C(Nc1cc2ccc(S(=O)(=O)N3CCCC3)cc2s1)c1ccc(-c2ccccc2)cc1. The van der Waals surface area contributed by atoms with Crippen LogP contribution >= 0.6 is 11.3 Å². The first-order valence-electron chi connectivity index (χ1n) is 10.5. The topological polar surface area (TPSA) is 66.5 Å². The highest BCUT2D eigenvalue weighted by molar-refractivity contribution is 7.89. The summed E-state index contributed by atoms with van der Waals surface area (Å²) >= 11 is 1.38. The molecule has 32 heavy (non-hydrogen) atoms. The predicted molar refractivity (Wildman–Crippen MR) is 130 cm³/mol. The summed E-state index contributed by atoms with van der Waals surface area (Å²) in [6, 6.07) is 24.5. The van der Waals surface area contributed by atoms with Crippen LogP contribution in [0, 0.1) is 0 Å². The van der Waals surface area contributed by atoms with E-state index in [2.05, 4.69) is 5.32 Å². The largest absolute Gasteiger partial charge is 0.314 e. The van der Waals surface area contributed by atoms with Gasteiger partial charge in [0.1, 0.15) is 0 Å². The third-order valence-corrected chi connectivity index (χ3v) is 8.59. The number of rotatable bonds is 5. The molecule has 1 amide bonds. The van der Waals surface area contributed by atoms with Crippen LogP contribution in [0.1, 0.15) is 23.2 Å². The van der Waals surface area contributed by atoms with E-state index in [1.54, 1.807) is 22.5 Å². The molecule has 0 aliphatic carbocycles. The minimum absolute atomic E-state index is 0.193. The maximum atomic E-state index is 12.8. The summed E-state index contributed by atoms with van der Waals surface area (Å²) in [6.45, 7) is 1.16. The molecule has 1 saturated heterocycles. The van der Waals surface area contributed by atoms with Crippen LogP contribution in [0.5, 0.6) is 0 Å². The van der Waals surface area contributed by atoms with Gasteiger partial charge in [-0.2, -0.15) is 4.31 Å². The molecule has 1 fully saturated rings. The average molecular weight is 463 g/mol. The van der Waals surface area contributed by atoms with Gasteiger partial charge in [-0.05, 0) is 59.7 Å². The number of nitrogens with one attached hydrogen (secondary N) is 1. The Kier molecular flexibility index (Phi) is 5.55. The van der Waals surface area contributed by atoms with Crippen molar-refractivity contribution in [2.45, 2.75) is 17.7 Å². The van der Waals surface area contributed by atoms with E-state index in [1.807, 2.05) is 60.7 Å². The summed E-state index contributed by atoms with van der Waals surface area (Å²) in [4.78, 5) is 13.0. The highest BCUT2D eigenvalue weighted by Gasteiger charge is 2.27. The van der Waals surface area contributed by atoms with Crippen molar-refractivity contribution in [3.63, 3.8) is 0 Å². The molecule has 0 bridgehead atoms. The zero-order valence-corrected chi connectivity index (χ0v) is 19.0. The second kappa shape index (κ2) is 8.50. The molecular weight excluding hydrogens is 440 g/mol. The van der Waals surface area contributed by atoms with Gasteiger partial charge < -0.3 is 5.32 Å².